The number of ether oxygens (including phenoxy) is 1. The van der Waals surface area contributed by atoms with Crippen LogP contribution >= 0.6 is 23.2 Å². The highest BCUT2D eigenvalue weighted by atomic mass is 35.5. The number of hydrogen-bond acceptors (Lipinski definition) is 2. The highest BCUT2D eigenvalue weighted by molar-refractivity contribution is 6.42. The second kappa shape index (κ2) is 5.83. The summed E-state index contributed by atoms with van der Waals surface area (Å²) in [4.78, 5) is 10.7. The first-order valence-corrected chi connectivity index (χ1v) is 5.15. The summed E-state index contributed by atoms with van der Waals surface area (Å²) in [5.41, 5.74) is 1.01. The van der Waals surface area contributed by atoms with Crippen LogP contribution in [0.4, 0.5) is 4.79 Å². The SMILES string of the molecule is COC(=O)NCCc1ccc(Cl)c(Cl)c1. The van der Waals surface area contributed by atoms with Gasteiger partial charge in [-0.05, 0) is 24.1 Å². The fourth-order valence-corrected chi connectivity index (χ4v) is 1.40. The van der Waals surface area contributed by atoms with Crippen molar-refractivity contribution in [2.45, 2.75) is 6.42 Å². The minimum Gasteiger partial charge on any atom is -0.453 e. The Morgan fingerprint density at radius 1 is 1.40 bits per heavy atom. The average molecular weight is 248 g/mol. The van der Waals surface area contributed by atoms with Gasteiger partial charge in [0.15, 0.2) is 0 Å². The van der Waals surface area contributed by atoms with Crippen molar-refractivity contribution < 1.29 is 9.53 Å². The molecule has 1 aromatic carbocycles. The van der Waals surface area contributed by atoms with E-state index in [4.69, 9.17) is 23.2 Å². The normalized spacial score (nSPS) is 9.80. The minimum atomic E-state index is -0.435. The van der Waals surface area contributed by atoms with Gasteiger partial charge in [-0.3, -0.25) is 0 Å². The van der Waals surface area contributed by atoms with Gasteiger partial charge in [-0.2, -0.15) is 0 Å². The van der Waals surface area contributed by atoms with E-state index in [0.717, 1.165) is 5.56 Å². The number of halogens is 2. The van der Waals surface area contributed by atoms with Crippen molar-refractivity contribution >= 4 is 29.3 Å². The quantitative estimate of drug-likeness (QED) is 0.893. The third-order valence-electron chi connectivity index (χ3n) is 1.85. The van der Waals surface area contributed by atoms with Gasteiger partial charge in [-0.1, -0.05) is 29.3 Å². The number of carbonyl (C=O) groups excluding carboxylic acids is 1. The molecule has 0 spiro atoms. The number of methoxy groups -OCH3 is 1. The fraction of sp³-hybridized carbons (Fsp3) is 0.300. The van der Waals surface area contributed by atoms with Gasteiger partial charge in [-0.15, -0.1) is 0 Å². The minimum absolute atomic E-state index is 0.435. The van der Waals surface area contributed by atoms with Crippen LogP contribution in [0.3, 0.4) is 0 Å². The van der Waals surface area contributed by atoms with Gasteiger partial charge in [0.1, 0.15) is 0 Å². The van der Waals surface area contributed by atoms with Crippen LogP contribution in [0, 0.1) is 0 Å². The molecule has 15 heavy (non-hydrogen) atoms. The van der Waals surface area contributed by atoms with E-state index < -0.39 is 6.09 Å². The van der Waals surface area contributed by atoms with Crippen molar-refractivity contribution in [3.05, 3.63) is 33.8 Å². The number of benzene rings is 1. The molecule has 0 aromatic heterocycles. The van der Waals surface area contributed by atoms with Crippen molar-refractivity contribution in [3.63, 3.8) is 0 Å². The van der Waals surface area contributed by atoms with E-state index in [1.165, 1.54) is 7.11 Å². The van der Waals surface area contributed by atoms with E-state index in [0.29, 0.717) is 23.0 Å². The molecule has 0 saturated carbocycles. The Hall–Kier alpha value is -0.930. The van der Waals surface area contributed by atoms with Gasteiger partial charge in [0.05, 0.1) is 17.2 Å². The lowest BCUT2D eigenvalue weighted by molar-refractivity contribution is 0.171. The van der Waals surface area contributed by atoms with E-state index in [-0.39, 0.29) is 0 Å². The zero-order valence-corrected chi connectivity index (χ0v) is 9.73. The summed E-state index contributed by atoms with van der Waals surface area (Å²) in [5, 5.41) is 3.63. The Morgan fingerprint density at radius 3 is 2.73 bits per heavy atom. The Morgan fingerprint density at radius 2 is 2.13 bits per heavy atom. The topological polar surface area (TPSA) is 38.3 Å². The summed E-state index contributed by atoms with van der Waals surface area (Å²) in [7, 11) is 1.33. The molecule has 5 heteroatoms. The summed E-state index contributed by atoms with van der Waals surface area (Å²) >= 11 is 11.6. The lowest BCUT2D eigenvalue weighted by Gasteiger charge is -2.04. The molecule has 0 aliphatic carbocycles. The third-order valence-corrected chi connectivity index (χ3v) is 2.59. The predicted octanol–water partition coefficient (Wildman–Crippen LogP) is 2.89. The molecule has 0 aliphatic heterocycles. The number of nitrogens with one attached hydrogen (secondary N) is 1. The highest BCUT2D eigenvalue weighted by Crippen LogP contribution is 2.22. The summed E-state index contributed by atoms with van der Waals surface area (Å²) in [5.74, 6) is 0. The standard InChI is InChI=1S/C10H11Cl2NO2/c1-15-10(14)13-5-4-7-2-3-8(11)9(12)6-7/h2-3,6H,4-5H2,1H3,(H,13,14). The molecule has 1 rings (SSSR count). The Labute approximate surface area is 98.3 Å². The van der Waals surface area contributed by atoms with Crippen molar-refractivity contribution in [3.8, 4) is 0 Å². The van der Waals surface area contributed by atoms with Gasteiger partial charge in [0, 0.05) is 6.54 Å². The van der Waals surface area contributed by atoms with Crippen LogP contribution in [-0.2, 0) is 11.2 Å². The summed E-state index contributed by atoms with van der Waals surface area (Å²) in [6.45, 7) is 0.505. The van der Waals surface area contributed by atoms with E-state index in [2.05, 4.69) is 10.1 Å². The number of carbonyl (C=O) groups is 1. The van der Waals surface area contributed by atoms with Crippen molar-refractivity contribution in [2.75, 3.05) is 13.7 Å². The van der Waals surface area contributed by atoms with Crippen molar-refractivity contribution in [1.82, 2.24) is 5.32 Å². The van der Waals surface area contributed by atoms with Crippen molar-refractivity contribution in [1.29, 1.82) is 0 Å². The summed E-state index contributed by atoms with van der Waals surface area (Å²) < 4.78 is 4.43. The highest BCUT2D eigenvalue weighted by Gasteiger charge is 2.01. The molecule has 3 nitrogen and oxygen atoms in total. The zero-order chi connectivity index (χ0) is 11.3. The molecule has 0 aliphatic rings. The Kier molecular flexibility index (Phi) is 4.72. The molecule has 0 radical (unpaired) electrons. The van der Waals surface area contributed by atoms with Crippen LogP contribution in [0.1, 0.15) is 5.56 Å². The smallest absolute Gasteiger partial charge is 0.406 e. The molecule has 0 unspecified atom stereocenters. The largest absolute Gasteiger partial charge is 0.453 e. The lowest BCUT2D eigenvalue weighted by Crippen LogP contribution is -2.25. The number of rotatable bonds is 3. The molecule has 0 fully saturated rings. The third kappa shape index (κ3) is 3.98. The van der Waals surface area contributed by atoms with E-state index in [9.17, 15) is 4.79 Å². The lowest BCUT2D eigenvalue weighted by atomic mass is 10.1. The Bertz CT molecular complexity index is 355. The monoisotopic (exact) mass is 247 g/mol. The van der Waals surface area contributed by atoms with Gasteiger partial charge in [0.2, 0.25) is 0 Å². The second-order valence-electron chi connectivity index (χ2n) is 2.92. The van der Waals surface area contributed by atoms with Crippen LogP contribution in [0.15, 0.2) is 18.2 Å². The molecule has 1 N–H and O–H groups in total. The second-order valence-corrected chi connectivity index (χ2v) is 3.73. The first kappa shape index (κ1) is 12.1. The maximum atomic E-state index is 10.7. The number of amides is 1. The Balaban J connectivity index is 2.44. The van der Waals surface area contributed by atoms with Crippen LogP contribution in [0.5, 0.6) is 0 Å². The molecule has 0 bridgehead atoms. The van der Waals surface area contributed by atoms with Gasteiger partial charge in [0.25, 0.3) is 0 Å². The fourth-order valence-electron chi connectivity index (χ4n) is 1.08. The van der Waals surface area contributed by atoms with Gasteiger partial charge in [-0.25, -0.2) is 4.79 Å². The predicted molar refractivity (Wildman–Crippen MR) is 60.6 cm³/mol. The molecule has 0 atom stereocenters. The van der Waals surface area contributed by atoms with Crippen molar-refractivity contribution in [2.24, 2.45) is 0 Å². The molecule has 0 heterocycles. The maximum absolute atomic E-state index is 10.7. The van der Waals surface area contributed by atoms with Crippen LogP contribution in [0.25, 0.3) is 0 Å². The van der Waals surface area contributed by atoms with Crippen LogP contribution < -0.4 is 5.32 Å². The summed E-state index contributed by atoms with van der Waals surface area (Å²) in [6.07, 6.45) is 0.251. The molecular weight excluding hydrogens is 237 g/mol. The molecular formula is C10H11Cl2NO2. The molecule has 1 amide bonds. The maximum Gasteiger partial charge on any atom is 0.406 e. The van der Waals surface area contributed by atoms with Crippen LogP contribution in [0.2, 0.25) is 10.0 Å². The number of hydrogen-bond donors (Lipinski definition) is 1. The average Bonchev–Trinajstić information content (AvgIpc) is 2.23. The first-order valence-electron chi connectivity index (χ1n) is 4.39. The number of alkyl carbamates (subject to hydrolysis) is 1. The van der Waals surface area contributed by atoms with E-state index in [1.807, 2.05) is 6.07 Å². The van der Waals surface area contributed by atoms with Crippen LogP contribution in [-0.4, -0.2) is 19.7 Å². The molecule has 1 aromatic rings. The van der Waals surface area contributed by atoms with Gasteiger partial charge < -0.3 is 10.1 Å². The molecule has 0 saturated heterocycles. The first-order chi connectivity index (χ1) is 7.13. The summed E-state index contributed by atoms with van der Waals surface area (Å²) in [6, 6.07) is 5.38. The van der Waals surface area contributed by atoms with Gasteiger partial charge >= 0.3 is 6.09 Å². The van der Waals surface area contributed by atoms with E-state index >= 15 is 0 Å². The zero-order valence-electron chi connectivity index (χ0n) is 8.22. The van der Waals surface area contributed by atoms with E-state index in [1.54, 1.807) is 12.1 Å². The molecule has 82 valence electrons.